The van der Waals surface area contributed by atoms with E-state index in [1.54, 1.807) is 6.92 Å². The summed E-state index contributed by atoms with van der Waals surface area (Å²) in [5, 5.41) is 2.81. The fraction of sp³-hybridized carbons (Fsp3) is 0.412. The lowest BCUT2D eigenvalue weighted by atomic mass is 10.1. The number of amides is 1. The van der Waals surface area contributed by atoms with E-state index in [1.165, 1.54) is 11.3 Å². The van der Waals surface area contributed by atoms with Gasteiger partial charge in [0.1, 0.15) is 5.38 Å². The lowest BCUT2D eigenvalue weighted by Gasteiger charge is -2.26. The summed E-state index contributed by atoms with van der Waals surface area (Å²) in [6.45, 7) is 5.79. The molecule has 2 heterocycles. The summed E-state index contributed by atoms with van der Waals surface area (Å²) in [6.07, 6.45) is 0. The molecule has 24 heavy (non-hydrogen) atoms. The zero-order chi connectivity index (χ0) is 16.9. The monoisotopic (exact) mass is 365 g/mol. The van der Waals surface area contributed by atoms with Crippen LogP contribution in [0.15, 0.2) is 30.3 Å². The Morgan fingerprint density at radius 2 is 2.08 bits per heavy atom. The number of rotatable bonds is 5. The number of hydrogen-bond acceptors (Lipinski definition) is 5. The second-order valence-corrected chi connectivity index (χ2v) is 7.39. The minimum Gasteiger partial charge on any atom is -0.379 e. The van der Waals surface area contributed by atoms with Crippen LogP contribution in [0.3, 0.4) is 0 Å². The third-order valence-electron chi connectivity index (χ3n) is 3.81. The third kappa shape index (κ3) is 4.33. The van der Waals surface area contributed by atoms with E-state index >= 15 is 0 Å². The topological polar surface area (TPSA) is 54.5 Å². The van der Waals surface area contributed by atoms with Crippen molar-refractivity contribution in [1.29, 1.82) is 0 Å². The maximum absolute atomic E-state index is 11.9. The molecule has 1 N–H and O–H groups in total. The van der Waals surface area contributed by atoms with Gasteiger partial charge in [0.05, 0.1) is 18.9 Å². The van der Waals surface area contributed by atoms with Crippen LogP contribution in [0.25, 0.3) is 11.3 Å². The summed E-state index contributed by atoms with van der Waals surface area (Å²) in [5.74, 6) is -0.233. The maximum Gasteiger partial charge on any atom is 0.243 e. The molecule has 1 amide bonds. The lowest BCUT2D eigenvalue weighted by Crippen LogP contribution is -2.35. The Kier molecular flexibility index (Phi) is 5.84. The lowest BCUT2D eigenvalue weighted by molar-refractivity contribution is -0.115. The Morgan fingerprint density at radius 1 is 1.38 bits per heavy atom. The molecule has 1 unspecified atom stereocenters. The van der Waals surface area contributed by atoms with Crippen LogP contribution in [0.5, 0.6) is 0 Å². The van der Waals surface area contributed by atoms with E-state index in [2.05, 4.69) is 15.2 Å². The fourth-order valence-electron chi connectivity index (χ4n) is 2.50. The van der Waals surface area contributed by atoms with Gasteiger partial charge in [-0.05, 0) is 6.92 Å². The highest BCUT2D eigenvalue weighted by Crippen LogP contribution is 2.32. The zero-order valence-electron chi connectivity index (χ0n) is 13.5. The Morgan fingerprint density at radius 3 is 2.75 bits per heavy atom. The van der Waals surface area contributed by atoms with Crippen molar-refractivity contribution >= 4 is 34.0 Å². The summed E-state index contributed by atoms with van der Waals surface area (Å²) in [5.41, 5.74) is 1.97. The highest BCUT2D eigenvalue weighted by Gasteiger charge is 2.19. The first-order chi connectivity index (χ1) is 11.6. The fourth-order valence-corrected chi connectivity index (χ4v) is 3.58. The van der Waals surface area contributed by atoms with E-state index in [9.17, 15) is 4.79 Å². The Hall–Kier alpha value is -1.47. The predicted octanol–water partition coefficient (Wildman–Crippen LogP) is 3.21. The molecule has 1 atom stereocenters. The number of aromatic nitrogens is 1. The number of hydrogen-bond donors (Lipinski definition) is 1. The van der Waals surface area contributed by atoms with Crippen LogP contribution in [0.2, 0.25) is 0 Å². The largest absolute Gasteiger partial charge is 0.379 e. The van der Waals surface area contributed by atoms with Crippen LogP contribution in [-0.2, 0) is 16.1 Å². The van der Waals surface area contributed by atoms with Gasteiger partial charge in [0.15, 0.2) is 5.13 Å². The van der Waals surface area contributed by atoms with Gasteiger partial charge in [0.2, 0.25) is 5.91 Å². The quantitative estimate of drug-likeness (QED) is 0.827. The molecule has 2 aromatic rings. The van der Waals surface area contributed by atoms with Gasteiger partial charge >= 0.3 is 0 Å². The molecule has 0 spiro atoms. The number of anilines is 1. The SMILES string of the molecule is CC(Cl)C(=O)Nc1nc(-c2ccccc2)c(CN2CCOCC2)s1. The Bertz CT molecular complexity index is 684. The van der Waals surface area contributed by atoms with Crippen molar-refractivity contribution in [3.05, 3.63) is 35.2 Å². The molecule has 1 aromatic carbocycles. The van der Waals surface area contributed by atoms with Crippen molar-refractivity contribution in [2.45, 2.75) is 18.8 Å². The molecule has 3 rings (SSSR count). The number of thiazole rings is 1. The van der Waals surface area contributed by atoms with Crippen LogP contribution in [0, 0.1) is 0 Å². The first-order valence-corrected chi connectivity index (χ1v) is 9.19. The number of nitrogens with zero attached hydrogens (tertiary/aromatic N) is 2. The molecule has 1 saturated heterocycles. The molecule has 128 valence electrons. The van der Waals surface area contributed by atoms with E-state index in [0.717, 1.165) is 49.0 Å². The average molecular weight is 366 g/mol. The van der Waals surface area contributed by atoms with Crippen molar-refractivity contribution in [2.75, 3.05) is 31.6 Å². The number of benzene rings is 1. The maximum atomic E-state index is 11.9. The van der Waals surface area contributed by atoms with Gasteiger partial charge in [-0.1, -0.05) is 41.7 Å². The molecule has 1 aliphatic heterocycles. The highest BCUT2D eigenvalue weighted by atomic mass is 35.5. The van der Waals surface area contributed by atoms with Crippen molar-refractivity contribution in [3.8, 4) is 11.3 Å². The number of nitrogens with one attached hydrogen (secondary N) is 1. The highest BCUT2D eigenvalue weighted by molar-refractivity contribution is 7.16. The summed E-state index contributed by atoms with van der Waals surface area (Å²) in [4.78, 5) is 20.0. The van der Waals surface area contributed by atoms with Gasteiger partial charge in [-0.25, -0.2) is 4.98 Å². The van der Waals surface area contributed by atoms with Gasteiger partial charge in [0.25, 0.3) is 0 Å². The van der Waals surface area contributed by atoms with Gasteiger partial charge in [0, 0.05) is 30.1 Å². The van der Waals surface area contributed by atoms with Gasteiger partial charge < -0.3 is 10.1 Å². The number of alkyl halides is 1. The molecule has 1 aliphatic rings. The van der Waals surface area contributed by atoms with Crippen LogP contribution in [0.4, 0.5) is 5.13 Å². The van der Waals surface area contributed by atoms with Crippen molar-refractivity contribution in [3.63, 3.8) is 0 Å². The van der Waals surface area contributed by atoms with Crippen LogP contribution in [-0.4, -0.2) is 47.5 Å². The minimum absolute atomic E-state index is 0.233. The summed E-state index contributed by atoms with van der Waals surface area (Å²) in [7, 11) is 0. The molecular weight excluding hydrogens is 346 g/mol. The third-order valence-corrected chi connectivity index (χ3v) is 4.96. The Balaban J connectivity index is 1.86. The van der Waals surface area contributed by atoms with Crippen molar-refractivity contribution in [2.24, 2.45) is 0 Å². The van der Waals surface area contributed by atoms with E-state index in [0.29, 0.717) is 5.13 Å². The molecule has 1 aromatic heterocycles. The molecule has 1 fully saturated rings. The van der Waals surface area contributed by atoms with Crippen LogP contribution >= 0.6 is 22.9 Å². The van der Waals surface area contributed by atoms with E-state index < -0.39 is 5.38 Å². The number of carbonyl (C=O) groups is 1. The number of carbonyl (C=O) groups excluding carboxylic acids is 1. The number of ether oxygens (including phenoxy) is 1. The number of morpholine rings is 1. The molecule has 0 radical (unpaired) electrons. The first-order valence-electron chi connectivity index (χ1n) is 7.93. The van der Waals surface area contributed by atoms with Crippen molar-refractivity contribution < 1.29 is 9.53 Å². The molecule has 0 aliphatic carbocycles. The molecule has 7 heteroatoms. The van der Waals surface area contributed by atoms with E-state index in [-0.39, 0.29) is 5.91 Å². The van der Waals surface area contributed by atoms with Gasteiger partial charge in [-0.2, -0.15) is 0 Å². The molecule has 5 nitrogen and oxygen atoms in total. The predicted molar refractivity (Wildman–Crippen MR) is 97.6 cm³/mol. The summed E-state index contributed by atoms with van der Waals surface area (Å²) < 4.78 is 5.41. The summed E-state index contributed by atoms with van der Waals surface area (Å²) >= 11 is 7.35. The van der Waals surface area contributed by atoms with Crippen LogP contribution < -0.4 is 5.32 Å². The van der Waals surface area contributed by atoms with Crippen LogP contribution in [0.1, 0.15) is 11.8 Å². The van der Waals surface area contributed by atoms with Gasteiger partial charge in [-0.15, -0.1) is 11.6 Å². The zero-order valence-corrected chi connectivity index (χ0v) is 15.1. The van der Waals surface area contributed by atoms with Gasteiger partial charge in [-0.3, -0.25) is 9.69 Å². The van der Waals surface area contributed by atoms with E-state index in [4.69, 9.17) is 16.3 Å². The van der Waals surface area contributed by atoms with E-state index in [1.807, 2.05) is 30.3 Å². The molecule has 0 saturated carbocycles. The Labute approximate surface area is 150 Å². The standard InChI is InChI=1S/C17H20ClN3O2S/c1-12(18)16(22)20-17-19-15(13-5-3-2-4-6-13)14(24-17)11-21-7-9-23-10-8-21/h2-6,12H,7-11H2,1H3,(H,19,20,22). The second-order valence-electron chi connectivity index (χ2n) is 5.65. The average Bonchev–Trinajstić information content (AvgIpc) is 2.98. The van der Waals surface area contributed by atoms with Crippen molar-refractivity contribution in [1.82, 2.24) is 9.88 Å². The second kappa shape index (κ2) is 8.07. The molecular formula is C17H20ClN3O2S. The number of halogens is 1. The summed E-state index contributed by atoms with van der Waals surface area (Å²) in [6, 6.07) is 10.0. The smallest absolute Gasteiger partial charge is 0.243 e. The minimum atomic E-state index is -0.586. The molecule has 0 bridgehead atoms. The normalized spacial score (nSPS) is 16.8. The first kappa shape index (κ1) is 17.4.